The molecule has 1 saturated heterocycles. The molecular formula is C10H20N2O5S. The van der Waals surface area contributed by atoms with Crippen LogP contribution in [0, 0.1) is 5.41 Å². The Bertz CT molecular complexity index is 393. The predicted molar refractivity (Wildman–Crippen MR) is 64.9 cm³/mol. The normalized spacial score (nSPS) is 25.9. The van der Waals surface area contributed by atoms with E-state index in [1.54, 1.807) is 6.92 Å². The first-order chi connectivity index (χ1) is 8.35. The molecule has 18 heavy (non-hydrogen) atoms. The highest BCUT2D eigenvalue weighted by atomic mass is 32.2. The highest BCUT2D eigenvalue weighted by Crippen LogP contribution is 2.32. The lowest BCUT2D eigenvalue weighted by Gasteiger charge is -2.38. The maximum atomic E-state index is 12.0. The van der Waals surface area contributed by atoms with Crippen LogP contribution < -0.4 is 5.14 Å². The molecule has 106 valence electrons. The van der Waals surface area contributed by atoms with Gasteiger partial charge in [-0.2, -0.15) is 12.7 Å². The molecular weight excluding hydrogens is 260 g/mol. The number of nitrogens with two attached hydrogens (primary N) is 1. The summed E-state index contributed by atoms with van der Waals surface area (Å²) in [7, 11) is -2.32. The average Bonchev–Trinajstić information content (AvgIpc) is 2.29. The second-order valence-electron chi connectivity index (χ2n) is 4.42. The van der Waals surface area contributed by atoms with E-state index in [0.717, 1.165) is 4.31 Å². The molecule has 0 bridgehead atoms. The topological polar surface area (TPSA) is 98.9 Å². The van der Waals surface area contributed by atoms with Gasteiger partial charge in [-0.15, -0.1) is 0 Å². The van der Waals surface area contributed by atoms with Crippen molar-refractivity contribution >= 4 is 16.2 Å². The number of esters is 1. The third kappa shape index (κ3) is 3.41. The molecule has 0 amide bonds. The van der Waals surface area contributed by atoms with Crippen LogP contribution in [0.15, 0.2) is 0 Å². The number of methoxy groups -OCH3 is 1. The smallest absolute Gasteiger partial charge is 0.315 e. The van der Waals surface area contributed by atoms with Crippen molar-refractivity contribution in [2.24, 2.45) is 10.6 Å². The van der Waals surface area contributed by atoms with E-state index < -0.39 is 21.6 Å². The van der Waals surface area contributed by atoms with Crippen LogP contribution >= 0.6 is 0 Å². The molecule has 0 radical (unpaired) electrons. The summed E-state index contributed by atoms with van der Waals surface area (Å²) in [6.45, 7) is 2.42. The van der Waals surface area contributed by atoms with Crippen molar-refractivity contribution in [2.75, 3.05) is 33.4 Å². The zero-order valence-corrected chi connectivity index (χ0v) is 11.5. The number of hydrogen-bond acceptors (Lipinski definition) is 5. The molecule has 1 atom stereocenters. The van der Waals surface area contributed by atoms with Gasteiger partial charge in [-0.25, -0.2) is 5.14 Å². The molecule has 2 N–H and O–H groups in total. The zero-order chi connectivity index (χ0) is 13.8. The molecule has 0 aromatic heterocycles. The summed E-state index contributed by atoms with van der Waals surface area (Å²) < 4.78 is 33.9. The maximum Gasteiger partial charge on any atom is 0.315 e. The van der Waals surface area contributed by atoms with E-state index in [1.807, 2.05) is 0 Å². The second-order valence-corrected chi connectivity index (χ2v) is 5.96. The van der Waals surface area contributed by atoms with Gasteiger partial charge in [0.15, 0.2) is 0 Å². The maximum absolute atomic E-state index is 12.0. The predicted octanol–water partition coefficient (Wildman–Crippen LogP) is -0.518. The summed E-state index contributed by atoms with van der Waals surface area (Å²) in [5.74, 6) is -0.430. The van der Waals surface area contributed by atoms with Gasteiger partial charge in [0.25, 0.3) is 10.2 Å². The van der Waals surface area contributed by atoms with Crippen molar-refractivity contribution in [3.8, 4) is 0 Å². The van der Waals surface area contributed by atoms with Crippen LogP contribution in [-0.2, 0) is 24.5 Å². The van der Waals surface area contributed by atoms with Crippen LogP contribution in [0.3, 0.4) is 0 Å². The summed E-state index contributed by atoms with van der Waals surface area (Å²) in [5.41, 5.74) is -0.949. The minimum Gasteiger partial charge on any atom is -0.465 e. The van der Waals surface area contributed by atoms with Gasteiger partial charge in [0.1, 0.15) is 5.41 Å². The number of ether oxygens (including phenoxy) is 2. The summed E-state index contributed by atoms with van der Waals surface area (Å²) >= 11 is 0. The fourth-order valence-electron chi connectivity index (χ4n) is 2.21. The molecule has 0 spiro atoms. The first kappa shape index (κ1) is 15.4. The molecule has 0 aromatic carbocycles. The van der Waals surface area contributed by atoms with Crippen LogP contribution in [0.5, 0.6) is 0 Å². The van der Waals surface area contributed by atoms with Crippen LogP contribution in [-0.4, -0.2) is 52.1 Å². The van der Waals surface area contributed by atoms with Crippen LogP contribution in [0.4, 0.5) is 0 Å². The van der Waals surface area contributed by atoms with Crippen LogP contribution in [0.25, 0.3) is 0 Å². The van der Waals surface area contributed by atoms with E-state index in [0.29, 0.717) is 19.4 Å². The SMILES string of the molecule is CCOC(=O)[C@]1(COC)CCCN(S(N)(=O)=O)C1. The van der Waals surface area contributed by atoms with E-state index in [-0.39, 0.29) is 19.8 Å². The Morgan fingerprint density at radius 2 is 2.17 bits per heavy atom. The van der Waals surface area contributed by atoms with Gasteiger partial charge in [-0.05, 0) is 19.8 Å². The minimum atomic E-state index is -3.79. The largest absolute Gasteiger partial charge is 0.465 e. The molecule has 0 aromatic rings. The van der Waals surface area contributed by atoms with E-state index >= 15 is 0 Å². The van der Waals surface area contributed by atoms with Gasteiger partial charge in [-0.1, -0.05) is 0 Å². The van der Waals surface area contributed by atoms with Gasteiger partial charge in [-0.3, -0.25) is 4.79 Å². The number of rotatable bonds is 5. The van der Waals surface area contributed by atoms with Gasteiger partial charge in [0, 0.05) is 20.2 Å². The minimum absolute atomic E-state index is 0.0124. The second kappa shape index (κ2) is 5.96. The number of piperidine rings is 1. The first-order valence-electron chi connectivity index (χ1n) is 5.80. The number of carbonyl (C=O) groups is 1. The van der Waals surface area contributed by atoms with Gasteiger partial charge in [0.05, 0.1) is 13.2 Å². The van der Waals surface area contributed by atoms with E-state index in [9.17, 15) is 13.2 Å². The molecule has 0 aliphatic carbocycles. The molecule has 7 nitrogen and oxygen atoms in total. The van der Waals surface area contributed by atoms with Gasteiger partial charge >= 0.3 is 5.97 Å². The average molecular weight is 280 g/mol. The molecule has 1 aliphatic rings. The lowest BCUT2D eigenvalue weighted by atomic mass is 9.81. The zero-order valence-electron chi connectivity index (χ0n) is 10.7. The third-order valence-corrected chi connectivity index (χ3v) is 4.06. The monoisotopic (exact) mass is 280 g/mol. The molecule has 8 heteroatoms. The van der Waals surface area contributed by atoms with Crippen LogP contribution in [0.1, 0.15) is 19.8 Å². The summed E-state index contributed by atoms with van der Waals surface area (Å²) in [6, 6.07) is 0. The molecule has 1 rings (SSSR count). The Balaban J connectivity index is 2.93. The van der Waals surface area contributed by atoms with Crippen molar-refractivity contribution in [3.63, 3.8) is 0 Å². The Labute approximate surface area is 107 Å². The summed E-state index contributed by atoms with van der Waals surface area (Å²) in [6.07, 6.45) is 1.09. The summed E-state index contributed by atoms with van der Waals surface area (Å²) in [4.78, 5) is 12.0. The first-order valence-corrected chi connectivity index (χ1v) is 7.30. The Morgan fingerprint density at radius 3 is 2.67 bits per heavy atom. The Kier molecular flexibility index (Phi) is 5.09. The van der Waals surface area contributed by atoms with Crippen molar-refractivity contribution in [1.82, 2.24) is 4.31 Å². The molecule has 0 saturated carbocycles. The number of carbonyl (C=O) groups excluding carboxylic acids is 1. The standard InChI is InChI=1S/C10H20N2O5S/c1-3-17-9(13)10(8-16-2)5-4-6-12(7-10)18(11,14)15/h3-8H2,1-2H3,(H2,11,14,15)/t10-/m1/s1. The van der Waals surface area contributed by atoms with E-state index in [2.05, 4.69) is 0 Å². The number of nitrogens with zero attached hydrogens (tertiary/aromatic N) is 1. The lowest BCUT2D eigenvalue weighted by molar-refractivity contribution is -0.161. The lowest BCUT2D eigenvalue weighted by Crippen LogP contribution is -2.54. The van der Waals surface area contributed by atoms with Crippen molar-refractivity contribution in [3.05, 3.63) is 0 Å². The highest BCUT2D eigenvalue weighted by Gasteiger charge is 2.45. The third-order valence-electron chi connectivity index (χ3n) is 3.03. The van der Waals surface area contributed by atoms with Crippen molar-refractivity contribution in [1.29, 1.82) is 0 Å². The molecule has 1 heterocycles. The van der Waals surface area contributed by atoms with Crippen molar-refractivity contribution < 1.29 is 22.7 Å². The van der Waals surface area contributed by atoms with Crippen molar-refractivity contribution in [2.45, 2.75) is 19.8 Å². The quantitative estimate of drug-likeness (QED) is 0.683. The van der Waals surface area contributed by atoms with E-state index in [1.165, 1.54) is 7.11 Å². The van der Waals surface area contributed by atoms with Gasteiger partial charge in [0.2, 0.25) is 0 Å². The summed E-state index contributed by atoms with van der Waals surface area (Å²) in [5, 5.41) is 5.11. The highest BCUT2D eigenvalue weighted by molar-refractivity contribution is 7.86. The fourth-order valence-corrected chi connectivity index (χ4v) is 3.02. The van der Waals surface area contributed by atoms with Gasteiger partial charge < -0.3 is 9.47 Å². The Morgan fingerprint density at radius 1 is 1.50 bits per heavy atom. The van der Waals surface area contributed by atoms with Crippen LogP contribution in [0.2, 0.25) is 0 Å². The Hall–Kier alpha value is -0.700. The molecule has 0 unspecified atom stereocenters. The van der Waals surface area contributed by atoms with E-state index in [4.69, 9.17) is 14.6 Å². The fraction of sp³-hybridized carbons (Fsp3) is 0.900. The molecule has 1 aliphatic heterocycles. The number of hydrogen-bond donors (Lipinski definition) is 1. The molecule has 1 fully saturated rings.